The van der Waals surface area contributed by atoms with Crippen molar-refractivity contribution in [3.63, 3.8) is 0 Å². The highest BCUT2D eigenvalue weighted by Crippen LogP contribution is 2.10. The second-order valence-electron chi connectivity index (χ2n) is 5.18. The number of pyridine rings is 1. The first-order valence-corrected chi connectivity index (χ1v) is 6.53. The van der Waals surface area contributed by atoms with Crippen molar-refractivity contribution >= 4 is 5.65 Å². The van der Waals surface area contributed by atoms with Crippen molar-refractivity contribution in [2.75, 3.05) is 27.2 Å². The van der Waals surface area contributed by atoms with E-state index in [-0.39, 0.29) is 6.10 Å². The normalized spacial score (nSPS) is 13.3. The molecule has 5 heteroatoms. The summed E-state index contributed by atoms with van der Waals surface area (Å²) in [5.74, 6) is 0. The van der Waals surface area contributed by atoms with Gasteiger partial charge in [0.15, 0.2) is 0 Å². The molecule has 0 aliphatic heterocycles. The molecular formula is C14H22N4O. The summed E-state index contributed by atoms with van der Waals surface area (Å²) in [5, 5.41) is 13.0. The lowest BCUT2D eigenvalue weighted by Crippen LogP contribution is -2.34. The van der Waals surface area contributed by atoms with E-state index in [1.165, 1.54) is 5.56 Å². The first-order chi connectivity index (χ1) is 9.08. The fourth-order valence-electron chi connectivity index (χ4n) is 2.19. The van der Waals surface area contributed by atoms with Gasteiger partial charge in [-0.1, -0.05) is 6.07 Å². The Labute approximate surface area is 113 Å². The number of aryl methyl sites for hydroxylation is 1. The van der Waals surface area contributed by atoms with Gasteiger partial charge in [-0.3, -0.25) is 0 Å². The van der Waals surface area contributed by atoms with Crippen molar-refractivity contribution in [3.8, 4) is 0 Å². The third kappa shape index (κ3) is 3.53. The van der Waals surface area contributed by atoms with E-state index in [1.54, 1.807) is 0 Å². The van der Waals surface area contributed by atoms with Crippen molar-refractivity contribution in [1.82, 2.24) is 19.6 Å². The van der Waals surface area contributed by atoms with Gasteiger partial charge in [-0.25, -0.2) is 4.98 Å². The maximum Gasteiger partial charge on any atom is 0.139 e. The topological polar surface area (TPSA) is 52.8 Å². The number of hydrogen-bond acceptors (Lipinski definition) is 4. The van der Waals surface area contributed by atoms with Crippen LogP contribution in [0.5, 0.6) is 0 Å². The highest BCUT2D eigenvalue weighted by molar-refractivity contribution is 5.48. The van der Waals surface area contributed by atoms with Gasteiger partial charge in [0.25, 0.3) is 0 Å². The molecule has 0 fully saturated rings. The summed E-state index contributed by atoms with van der Waals surface area (Å²) in [6.07, 6.45) is 3.55. The van der Waals surface area contributed by atoms with Gasteiger partial charge in [0.2, 0.25) is 0 Å². The Kier molecular flexibility index (Phi) is 4.52. The van der Waals surface area contributed by atoms with Gasteiger partial charge < -0.3 is 19.7 Å². The largest absolute Gasteiger partial charge is 0.390 e. The third-order valence-electron chi connectivity index (χ3n) is 3.07. The van der Waals surface area contributed by atoms with Crippen LogP contribution in [-0.2, 0) is 6.54 Å². The molecule has 0 spiro atoms. The van der Waals surface area contributed by atoms with Gasteiger partial charge in [-0.2, -0.15) is 0 Å². The number of aliphatic hydroxyl groups is 1. The molecule has 0 radical (unpaired) electrons. The number of nitrogens with one attached hydrogen (secondary N) is 1. The van der Waals surface area contributed by atoms with Crippen LogP contribution >= 0.6 is 0 Å². The van der Waals surface area contributed by atoms with Gasteiger partial charge in [0, 0.05) is 25.8 Å². The van der Waals surface area contributed by atoms with E-state index in [4.69, 9.17) is 0 Å². The molecule has 2 aromatic heterocycles. The molecule has 19 heavy (non-hydrogen) atoms. The number of hydrogen-bond donors (Lipinski definition) is 2. The molecule has 5 nitrogen and oxygen atoms in total. The Morgan fingerprint density at radius 2 is 2.26 bits per heavy atom. The molecule has 1 atom stereocenters. The van der Waals surface area contributed by atoms with Crippen LogP contribution in [-0.4, -0.2) is 52.7 Å². The lowest BCUT2D eigenvalue weighted by atomic mass is 10.3. The predicted molar refractivity (Wildman–Crippen MR) is 76.2 cm³/mol. The van der Waals surface area contributed by atoms with E-state index < -0.39 is 0 Å². The van der Waals surface area contributed by atoms with Crippen LogP contribution in [0, 0.1) is 6.92 Å². The van der Waals surface area contributed by atoms with Gasteiger partial charge in [-0.05, 0) is 32.6 Å². The van der Waals surface area contributed by atoms with Crippen LogP contribution in [0.25, 0.3) is 5.65 Å². The zero-order chi connectivity index (χ0) is 13.8. The highest BCUT2D eigenvalue weighted by Gasteiger charge is 2.07. The summed E-state index contributed by atoms with van der Waals surface area (Å²) in [6.45, 7) is 4.01. The van der Waals surface area contributed by atoms with E-state index in [1.807, 2.05) is 37.5 Å². The molecule has 2 heterocycles. The maximum atomic E-state index is 9.78. The number of likely N-dealkylation sites (N-methyl/N-ethyl adjacent to an activating group) is 1. The predicted octanol–water partition coefficient (Wildman–Crippen LogP) is 0.655. The number of aliphatic hydroxyl groups excluding tert-OH is 1. The molecule has 0 aliphatic carbocycles. The zero-order valence-corrected chi connectivity index (χ0v) is 11.8. The summed E-state index contributed by atoms with van der Waals surface area (Å²) < 4.78 is 2.08. The van der Waals surface area contributed by atoms with Crippen molar-refractivity contribution in [3.05, 3.63) is 35.8 Å². The minimum Gasteiger partial charge on any atom is -0.390 e. The second-order valence-corrected chi connectivity index (χ2v) is 5.18. The molecule has 0 amide bonds. The van der Waals surface area contributed by atoms with E-state index in [2.05, 4.69) is 27.7 Å². The lowest BCUT2D eigenvalue weighted by molar-refractivity contribution is 0.134. The van der Waals surface area contributed by atoms with Crippen LogP contribution < -0.4 is 5.32 Å². The Morgan fingerprint density at radius 1 is 1.47 bits per heavy atom. The fraction of sp³-hybridized carbons (Fsp3) is 0.500. The molecule has 0 saturated carbocycles. The van der Waals surface area contributed by atoms with Crippen molar-refractivity contribution in [1.29, 1.82) is 0 Å². The molecule has 0 aliphatic rings. The number of nitrogens with zero attached hydrogens (tertiary/aromatic N) is 3. The average Bonchev–Trinajstić information content (AvgIpc) is 2.73. The molecule has 2 N–H and O–H groups in total. The molecular weight excluding hydrogens is 240 g/mol. The quantitative estimate of drug-likeness (QED) is 0.803. The molecule has 104 valence electrons. The monoisotopic (exact) mass is 262 g/mol. The third-order valence-corrected chi connectivity index (χ3v) is 3.07. The number of rotatable bonds is 6. The molecule has 2 aromatic rings. The minimum atomic E-state index is -0.351. The van der Waals surface area contributed by atoms with E-state index in [0.717, 1.165) is 11.3 Å². The van der Waals surface area contributed by atoms with Crippen molar-refractivity contribution in [2.24, 2.45) is 0 Å². The molecule has 0 saturated heterocycles. The molecule has 0 bridgehead atoms. The van der Waals surface area contributed by atoms with Crippen LogP contribution in [0.4, 0.5) is 0 Å². The van der Waals surface area contributed by atoms with Gasteiger partial charge in [0.05, 0.1) is 18.0 Å². The zero-order valence-electron chi connectivity index (χ0n) is 11.8. The Morgan fingerprint density at radius 3 is 3.00 bits per heavy atom. The summed E-state index contributed by atoms with van der Waals surface area (Å²) in [4.78, 5) is 6.39. The van der Waals surface area contributed by atoms with Crippen LogP contribution in [0.3, 0.4) is 0 Å². The van der Waals surface area contributed by atoms with Crippen molar-refractivity contribution < 1.29 is 5.11 Å². The van der Waals surface area contributed by atoms with Gasteiger partial charge >= 0.3 is 0 Å². The van der Waals surface area contributed by atoms with E-state index in [9.17, 15) is 5.11 Å². The first kappa shape index (κ1) is 14.0. The lowest BCUT2D eigenvalue weighted by Gasteiger charge is -2.16. The maximum absolute atomic E-state index is 9.78. The SMILES string of the molecule is Cc1cccn2c(CNCC(O)CN(C)C)cnc12. The fourth-order valence-corrected chi connectivity index (χ4v) is 2.19. The standard InChI is InChI=1S/C14H22N4O/c1-11-5-4-6-18-12(8-16-14(11)18)7-15-9-13(19)10-17(2)3/h4-6,8,13,15,19H,7,9-10H2,1-3H3. The Bertz CT molecular complexity index is 535. The Hall–Kier alpha value is -1.43. The smallest absolute Gasteiger partial charge is 0.139 e. The van der Waals surface area contributed by atoms with Crippen LogP contribution in [0.2, 0.25) is 0 Å². The molecule has 1 unspecified atom stereocenters. The first-order valence-electron chi connectivity index (χ1n) is 6.53. The second kappa shape index (κ2) is 6.14. The summed E-state index contributed by atoms with van der Waals surface area (Å²) >= 11 is 0. The average molecular weight is 262 g/mol. The van der Waals surface area contributed by atoms with Crippen LogP contribution in [0.15, 0.2) is 24.5 Å². The summed E-state index contributed by atoms with van der Waals surface area (Å²) in [5.41, 5.74) is 3.27. The van der Waals surface area contributed by atoms with Crippen LogP contribution in [0.1, 0.15) is 11.3 Å². The highest BCUT2D eigenvalue weighted by atomic mass is 16.3. The molecule has 2 rings (SSSR count). The van der Waals surface area contributed by atoms with Crippen molar-refractivity contribution in [2.45, 2.75) is 19.6 Å². The Balaban J connectivity index is 1.93. The van der Waals surface area contributed by atoms with Gasteiger partial charge in [0.1, 0.15) is 5.65 Å². The minimum absolute atomic E-state index is 0.351. The van der Waals surface area contributed by atoms with E-state index in [0.29, 0.717) is 19.6 Å². The summed E-state index contributed by atoms with van der Waals surface area (Å²) in [7, 11) is 3.91. The number of aromatic nitrogens is 2. The number of imidazole rings is 1. The van der Waals surface area contributed by atoms with Gasteiger partial charge in [-0.15, -0.1) is 0 Å². The number of fused-ring (bicyclic) bond motifs is 1. The summed E-state index contributed by atoms with van der Waals surface area (Å²) in [6, 6.07) is 4.08. The van der Waals surface area contributed by atoms with E-state index >= 15 is 0 Å². The molecule has 0 aromatic carbocycles.